The highest BCUT2D eigenvalue weighted by atomic mass is 16.5. The Bertz CT molecular complexity index is 932. The van der Waals surface area contributed by atoms with Gasteiger partial charge in [-0.3, -0.25) is 4.79 Å². The van der Waals surface area contributed by atoms with Gasteiger partial charge in [-0.2, -0.15) is 4.52 Å². The number of nitrogens with zero attached hydrogens (tertiary/aromatic N) is 4. The summed E-state index contributed by atoms with van der Waals surface area (Å²) < 4.78 is 7.11. The molecule has 1 fully saturated rings. The average molecular weight is 352 g/mol. The molecule has 1 atom stereocenters. The van der Waals surface area contributed by atoms with Crippen LogP contribution in [-0.4, -0.2) is 38.4 Å². The van der Waals surface area contributed by atoms with Gasteiger partial charge in [0, 0.05) is 18.8 Å². The van der Waals surface area contributed by atoms with E-state index < -0.39 is 0 Å². The summed E-state index contributed by atoms with van der Waals surface area (Å²) in [7, 11) is 0. The molecule has 1 amide bonds. The van der Waals surface area contributed by atoms with Gasteiger partial charge in [0.25, 0.3) is 5.91 Å². The molecule has 0 saturated carbocycles. The maximum absolute atomic E-state index is 12.2. The number of ether oxygens (including phenoxy) is 1. The summed E-state index contributed by atoms with van der Waals surface area (Å²) in [5.74, 6) is 1.39. The predicted octanol–water partition coefficient (Wildman–Crippen LogP) is 2.16. The SMILES string of the molecule is Cc1nnc2ccc(NCc3cccc(NC(=O)C4CCCO4)c3)nn12. The average Bonchev–Trinajstić information content (AvgIpc) is 3.31. The molecule has 8 heteroatoms. The number of benzene rings is 1. The zero-order valence-corrected chi connectivity index (χ0v) is 14.5. The Morgan fingerprint density at radius 2 is 2.23 bits per heavy atom. The smallest absolute Gasteiger partial charge is 0.253 e. The van der Waals surface area contributed by atoms with Crippen LogP contribution in [0.25, 0.3) is 5.65 Å². The fourth-order valence-electron chi connectivity index (χ4n) is 2.95. The minimum Gasteiger partial charge on any atom is -0.368 e. The number of amides is 1. The van der Waals surface area contributed by atoms with Crippen molar-refractivity contribution in [3.8, 4) is 0 Å². The monoisotopic (exact) mass is 352 g/mol. The van der Waals surface area contributed by atoms with E-state index in [0.717, 1.165) is 35.7 Å². The third-order valence-electron chi connectivity index (χ3n) is 4.31. The number of aromatic nitrogens is 4. The van der Waals surface area contributed by atoms with E-state index in [9.17, 15) is 4.79 Å². The van der Waals surface area contributed by atoms with Crippen molar-refractivity contribution in [1.82, 2.24) is 19.8 Å². The number of nitrogens with one attached hydrogen (secondary N) is 2. The van der Waals surface area contributed by atoms with Crippen LogP contribution in [-0.2, 0) is 16.1 Å². The Morgan fingerprint density at radius 3 is 3.08 bits per heavy atom. The van der Waals surface area contributed by atoms with Crippen molar-refractivity contribution in [2.24, 2.45) is 0 Å². The summed E-state index contributed by atoms with van der Waals surface area (Å²) in [5, 5.41) is 18.7. The van der Waals surface area contributed by atoms with Crippen molar-refractivity contribution in [2.75, 3.05) is 17.2 Å². The molecule has 1 aliphatic heterocycles. The van der Waals surface area contributed by atoms with E-state index in [-0.39, 0.29) is 12.0 Å². The topological polar surface area (TPSA) is 93.4 Å². The maximum Gasteiger partial charge on any atom is 0.253 e. The highest BCUT2D eigenvalue weighted by molar-refractivity contribution is 5.94. The Labute approximate surface area is 150 Å². The van der Waals surface area contributed by atoms with Gasteiger partial charge in [-0.25, -0.2) is 0 Å². The normalized spacial score (nSPS) is 16.7. The lowest BCUT2D eigenvalue weighted by atomic mass is 10.2. The first-order chi connectivity index (χ1) is 12.7. The van der Waals surface area contributed by atoms with E-state index in [2.05, 4.69) is 25.9 Å². The Hall–Kier alpha value is -3.00. The van der Waals surface area contributed by atoms with Crippen LogP contribution in [0.15, 0.2) is 36.4 Å². The second-order valence-corrected chi connectivity index (χ2v) is 6.28. The maximum atomic E-state index is 12.2. The summed E-state index contributed by atoms with van der Waals surface area (Å²) in [6.45, 7) is 3.10. The van der Waals surface area contributed by atoms with Crippen molar-refractivity contribution >= 4 is 23.1 Å². The molecule has 2 aromatic heterocycles. The van der Waals surface area contributed by atoms with E-state index >= 15 is 0 Å². The van der Waals surface area contributed by atoms with Crippen LogP contribution in [0.4, 0.5) is 11.5 Å². The van der Waals surface area contributed by atoms with Crippen molar-refractivity contribution in [3.05, 3.63) is 47.8 Å². The first-order valence-corrected chi connectivity index (χ1v) is 8.63. The van der Waals surface area contributed by atoms with E-state index in [0.29, 0.717) is 18.8 Å². The molecule has 0 aliphatic carbocycles. The second kappa shape index (κ2) is 7.09. The van der Waals surface area contributed by atoms with Crippen LogP contribution >= 0.6 is 0 Å². The Kier molecular flexibility index (Phi) is 4.49. The van der Waals surface area contributed by atoms with Crippen LogP contribution in [0, 0.1) is 6.92 Å². The third-order valence-corrected chi connectivity index (χ3v) is 4.31. The predicted molar refractivity (Wildman–Crippen MR) is 96.9 cm³/mol. The molecule has 1 saturated heterocycles. The van der Waals surface area contributed by atoms with Gasteiger partial charge in [-0.1, -0.05) is 12.1 Å². The standard InChI is InChI=1S/C18H20N6O2/c1-12-21-22-17-8-7-16(23-24(12)17)19-11-13-4-2-5-14(10-13)20-18(25)15-6-3-9-26-15/h2,4-5,7-8,10,15H,3,6,9,11H2,1H3,(H,19,23)(H,20,25). The van der Waals surface area contributed by atoms with Crippen molar-refractivity contribution in [1.29, 1.82) is 0 Å². The quantitative estimate of drug-likeness (QED) is 0.731. The number of aryl methyl sites for hydroxylation is 1. The molecule has 3 heterocycles. The number of hydrogen-bond acceptors (Lipinski definition) is 6. The molecule has 2 N–H and O–H groups in total. The number of anilines is 2. The van der Waals surface area contributed by atoms with Gasteiger partial charge in [0.05, 0.1) is 0 Å². The van der Waals surface area contributed by atoms with Gasteiger partial charge in [-0.05, 0) is 49.6 Å². The molecule has 1 aromatic carbocycles. The molecule has 1 aliphatic rings. The van der Waals surface area contributed by atoms with Gasteiger partial charge in [0.2, 0.25) is 0 Å². The minimum atomic E-state index is -0.334. The number of hydrogen-bond donors (Lipinski definition) is 2. The van der Waals surface area contributed by atoms with Crippen molar-refractivity contribution in [2.45, 2.75) is 32.4 Å². The van der Waals surface area contributed by atoms with E-state index in [1.807, 2.05) is 43.3 Å². The Balaban J connectivity index is 1.41. The van der Waals surface area contributed by atoms with E-state index in [4.69, 9.17) is 4.74 Å². The van der Waals surface area contributed by atoms with Gasteiger partial charge < -0.3 is 15.4 Å². The highest BCUT2D eigenvalue weighted by Crippen LogP contribution is 2.17. The summed E-state index contributed by atoms with van der Waals surface area (Å²) in [6, 6.07) is 11.5. The van der Waals surface area contributed by atoms with E-state index in [1.165, 1.54) is 0 Å². The molecule has 0 bridgehead atoms. The number of carbonyl (C=O) groups is 1. The third kappa shape index (κ3) is 3.50. The minimum absolute atomic E-state index is 0.0807. The van der Waals surface area contributed by atoms with E-state index in [1.54, 1.807) is 4.52 Å². The molecule has 134 valence electrons. The largest absolute Gasteiger partial charge is 0.368 e. The number of rotatable bonds is 5. The molecular formula is C18H20N6O2. The van der Waals surface area contributed by atoms with Crippen LogP contribution < -0.4 is 10.6 Å². The fourth-order valence-corrected chi connectivity index (χ4v) is 2.95. The number of fused-ring (bicyclic) bond motifs is 1. The van der Waals surface area contributed by atoms with Crippen LogP contribution in [0.5, 0.6) is 0 Å². The molecule has 3 aromatic rings. The molecular weight excluding hydrogens is 332 g/mol. The lowest BCUT2D eigenvalue weighted by Crippen LogP contribution is -2.26. The summed E-state index contributed by atoms with van der Waals surface area (Å²) in [6.07, 6.45) is 1.38. The summed E-state index contributed by atoms with van der Waals surface area (Å²) in [5.41, 5.74) is 2.52. The van der Waals surface area contributed by atoms with Gasteiger partial charge >= 0.3 is 0 Å². The fraction of sp³-hybridized carbons (Fsp3) is 0.333. The van der Waals surface area contributed by atoms with Crippen LogP contribution in [0.1, 0.15) is 24.2 Å². The molecule has 1 unspecified atom stereocenters. The van der Waals surface area contributed by atoms with Gasteiger partial charge in [0.1, 0.15) is 11.9 Å². The summed E-state index contributed by atoms with van der Waals surface area (Å²) >= 11 is 0. The molecule has 26 heavy (non-hydrogen) atoms. The van der Waals surface area contributed by atoms with Crippen molar-refractivity contribution < 1.29 is 9.53 Å². The molecule has 0 spiro atoms. The first-order valence-electron chi connectivity index (χ1n) is 8.63. The molecule has 4 rings (SSSR count). The number of carbonyl (C=O) groups excluding carboxylic acids is 1. The lowest BCUT2D eigenvalue weighted by Gasteiger charge is -2.12. The van der Waals surface area contributed by atoms with Crippen LogP contribution in [0.3, 0.4) is 0 Å². The zero-order chi connectivity index (χ0) is 17.9. The zero-order valence-electron chi connectivity index (χ0n) is 14.5. The summed E-state index contributed by atoms with van der Waals surface area (Å²) in [4.78, 5) is 12.2. The molecule has 8 nitrogen and oxygen atoms in total. The highest BCUT2D eigenvalue weighted by Gasteiger charge is 2.23. The van der Waals surface area contributed by atoms with Gasteiger partial charge in [0.15, 0.2) is 11.5 Å². The lowest BCUT2D eigenvalue weighted by molar-refractivity contribution is -0.124. The van der Waals surface area contributed by atoms with Crippen molar-refractivity contribution in [3.63, 3.8) is 0 Å². The first kappa shape index (κ1) is 16.5. The molecule has 0 radical (unpaired) electrons. The van der Waals surface area contributed by atoms with Gasteiger partial charge in [-0.15, -0.1) is 15.3 Å². The van der Waals surface area contributed by atoms with Crippen LogP contribution in [0.2, 0.25) is 0 Å². The Morgan fingerprint density at radius 1 is 1.31 bits per heavy atom. The second-order valence-electron chi connectivity index (χ2n) is 6.28.